The van der Waals surface area contributed by atoms with Gasteiger partial charge in [0.2, 0.25) is 0 Å². The van der Waals surface area contributed by atoms with Crippen molar-refractivity contribution in [2.24, 2.45) is 17.6 Å². The van der Waals surface area contributed by atoms with Gasteiger partial charge in [0.25, 0.3) is 0 Å². The highest BCUT2D eigenvalue weighted by Gasteiger charge is 2.17. The van der Waals surface area contributed by atoms with Gasteiger partial charge >= 0.3 is 0 Å². The lowest BCUT2D eigenvalue weighted by Gasteiger charge is -2.15. The fourth-order valence-electron chi connectivity index (χ4n) is 1.37. The van der Waals surface area contributed by atoms with E-state index < -0.39 is 0 Å². The van der Waals surface area contributed by atoms with E-state index in [4.69, 9.17) is 5.73 Å². The minimum absolute atomic E-state index is 0.0247. The molecule has 0 spiro atoms. The molecule has 0 aliphatic carbocycles. The van der Waals surface area contributed by atoms with Crippen molar-refractivity contribution in [3.63, 3.8) is 0 Å². The maximum absolute atomic E-state index is 11.6. The standard InChI is InChI=1S/C11H21NO/c1-8(2)5-10(7-12)11(13)6-9(3)4/h8,10H,3,5-7,12H2,1-2,4H3. The van der Waals surface area contributed by atoms with Gasteiger partial charge in [-0.2, -0.15) is 0 Å². The topological polar surface area (TPSA) is 43.1 Å². The molecule has 76 valence electrons. The second kappa shape index (κ2) is 5.92. The summed E-state index contributed by atoms with van der Waals surface area (Å²) >= 11 is 0. The van der Waals surface area contributed by atoms with Gasteiger partial charge in [-0.3, -0.25) is 4.79 Å². The van der Waals surface area contributed by atoms with Crippen LogP contribution in [0.2, 0.25) is 0 Å². The molecule has 0 bridgehead atoms. The third kappa shape index (κ3) is 5.58. The Hall–Kier alpha value is -0.630. The smallest absolute Gasteiger partial charge is 0.141 e. The summed E-state index contributed by atoms with van der Waals surface area (Å²) in [5.74, 6) is 0.794. The predicted octanol–water partition coefficient (Wildman–Crippen LogP) is 2.14. The molecule has 0 aromatic carbocycles. The summed E-state index contributed by atoms with van der Waals surface area (Å²) in [7, 11) is 0. The largest absolute Gasteiger partial charge is 0.330 e. The van der Waals surface area contributed by atoms with E-state index in [1.54, 1.807) is 0 Å². The van der Waals surface area contributed by atoms with Crippen LogP contribution in [-0.4, -0.2) is 12.3 Å². The second-order valence-electron chi connectivity index (χ2n) is 4.16. The minimum atomic E-state index is 0.0247. The van der Waals surface area contributed by atoms with E-state index in [0.717, 1.165) is 12.0 Å². The Morgan fingerprint density at radius 2 is 2.00 bits per heavy atom. The van der Waals surface area contributed by atoms with E-state index in [1.807, 2.05) is 6.92 Å². The van der Waals surface area contributed by atoms with Crippen molar-refractivity contribution in [3.05, 3.63) is 12.2 Å². The second-order valence-corrected chi connectivity index (χ2v) is 4.16. The van der Waals surface area contributed by atoms with Crippen LogP contribution in [0.25, 0.3) is 0 Å². The first kappa shape index (κ1) is 12.4. The molecule has 0 amide bonds. The number of nitrogens with two attached hydrogens (primary N) is 1. The van der Waals surface area contributed by atoms with Crippen molar-refractivity contribution in [1.82, 2.24) is 0 Å². The molecule has 0 rings (SSSR count). The SMILES string of the molecule is C=C(C)CC(=O)C(CN)CC(C)C. The molecule has 0 aromatic rings. The van der Waals surface area contributed by atoms with Gasteiger partial charge in [0.1, 0.15) is 5.78 Å². The number of carbonyl (C=O) groups is 1. The molecule has 13 heavy (non-hydrogen) atoms. The van der Waals surface area contributed by atoms with Crippen molar-refractivity contribution in [3.8, 4) is 0 Å². The highest BCUT2D eigenvalue weighted by molar-refractivity contribution is 5.83. The lowest BCUT2D eigenvalue weighted by molar-refractivity contribution is -0.122. The summed E-state index contributed by atoms with van der Waals surface area (Å²) < 4.78 is 0. The minimum Gasteiger partial charge on any atom is -0.330 e. The lowest BCUT2D eigenvalue weighted by Crippen LogP contribution is -2.25. The molecule has 2 heteroatoms. The number of rotatable bonds is 6. The van der Waals surface area contributed by atoms with Gasteiger partial charge in [0.15, 0.2) is 0 Å². The van der Waals surface area contributed by atoms with Crippen LogP contribution in [0.4, 0.5) is 0 Å². The maximum atomic E-state index is 11.6. The molecular weight excluding hydrogens is 162 g/mol. The van der Waals surface area contributed by atoms with E-state index in [-0.39, 0.29) is 11.7 Å². The molecule has 0 aromatic heterocycles. The zero-order valence-corrected chi connectivity index (χ0v) is 8.97. The van der Waals surface area contributed by atoms with Gasteiger partial charge in [0.05, 0.1) is 0 Å². The highest BCUT2D eigenvalue weighted by Crippen LogP contribution is 2.14. The van der Waals surface area contributed by atoms with Gasteiger partial charge in [-0.05, 0) is 19.3 Å². The first-order valence-corrected chi connectivity index (χ1v) is 4.84. The molecule has 0 saturated carbocycles. The number of hydrogen-bond donors (Lipinski definition) is 1. The van der Waals surface area contributed by atoms with Crippen LogP contribution in [0.5, 0.6) is 0 Å². The average Bonchev–Trinajstić information content (AvgIpc) is 1.98. The van der Waals surface area contributed by atoms with Crippen LogP contribution in [-0.2, 0) is 4.79 Å². The van der Waals surface area contributed by atoms with Crippen LogP contribution in [0.3, 0.4) is 0 Å². The molecule has 1 unspecified atom stereocenters. The Balaban J connectivity index is 4.07. The van der Waals surface area contributed by atoms with E-state index >= 15 is 0 Å². The number of allylic oxidation sites excluding steroid dienone is 1. The van der Waals surface area contributed by atoms with Crippen LogP contribution >= 0.6 is 0 Å². The van der Waals surface area contributed by atoms with Gasteiger partial charge in [-0.15, -0.1) is 0 Å². The van der Waals surface area contributed by atoms with Crippen molar-refractivity contribution in [1.29, 1.82) is 0 Å². The van der Waals surface area contributed by atoms with Crippen molar-refractivity contribution in [2.75, 3.05) is 6.54 Å². The summed E-state index contributed by atoms with van der Waals surface area (Å²) in [6.07, 6.45) is 1.37. The molecule has 2 nitrogen and oxygen atoms in total. The quantitative estimate of drug-likeness (QED) is 0.641. The Bertz CT molecular complexity index is 185. The first-order valence-electron chi connectivity index (χ1n) is 4.84. The molecule has 0 fully saturated rings. The zero-order chi connectivity index (χ0) is 10.4. The zero-order valence-electron chi connectivity index (χ0n) is 8.97. The fourth-order valence-corrected chi connectivity index (χ4v) is 1.37. The summed E-state index contributed by atoms with van der Waals surface area (Å²) in [6, 6.07) is 0. The summed E-state index contributed by atoms with van der Waals surface area (Å²) in [4.78, 5) is 11.6. The Morgan fingerprint density at radius 1 is 1.46 bits per heavy atom. The number of Topliss-reactive ketones (excluding diaryl/α,β-unsaturated/α-hetero) is 1. The van der Waals surface area contributed by atoms with Gasteiger partial charge in [0, 0.05) is 18.9 Å². The Morgan fingerprint density at radius 3 is 2.31 bits per heavy atom. The van der Waals surface area contributed by atoms with E-state index in [0.29, 0.717) is 18.9 Å². The predicted molar refractivity (Wildman–Crippen MR) is 56.4 cm³/mol. The summed E-state index contributed by atoms with van der Waals surface area (Å²) in [5, 5.41) is 0. The van der Waals surface area contributed by atoms with E-state index in [2.05, 4.69) is 20.4 Å². The summed E-state index contributed by atoms with van der Waals surface area (Å²) in [5.41, 5.74) is 6.47. The molecule has 0 heterocycles. The first-order chi connectivity index (χ1) is 5.97. The number of ketones is 1. The maximum Gasteiger partial charge on any atom is 0.141 e. The lowest BCUT2D eigenvalue weighted by atomic mass is 9.91. The third-order valence-electron chi connectivity index (χ3n) is 1.97. The molecule has 0 aliphatic rings. The molecule has 1 atom stereocenters. The number of carbonyl (C=O) groups excluding carboxylic acids is 1. The molecular formula is C11H21NO. The van der Waals surface area contributed by atoms with Crippen LogP contribution < -0.4 is 5.73 Å². The van der Waals surface area contributed by atoms with E-state index in [1.165, 1.54) is 0 Å². The van der Waals surface area contributed by atoms with Crippen molar-refractivity contribution in [2.45, 2.75) is 33.6 Å². The Kier molecular flexibility index (Phi) is 5.63. The molecule has 0 radical (unpaired) electrons. The van der Waals surface area contributed by atoms with Crippen molar-refractivity contribution >= 4 is 5.78 Å². The molecule has 2 N–H and O–H groups in total. The van der Waals surface area contributed by atoms with Crippen LogP contribution in [0, 0.1) is 11.8 Å². The van der Waals surface area contributed by atoms with Crippen molar-refractivity contribution < 1.29 is 4.79 Å². The van der Waals surface area contributed by atoms with Gasteiger partial charge in [-0.25, -0.2) is 0 Å². The summed E-state index contributed by atoms with van der Waals surface area (Å²) in [6.45, 7) is 10.3. The molecule has 0 aliphatic heterocycles. The average molecular weight is 183 g/mol. The van der Waals surface area contributed by atoms with Crippen LogP contribution in [0.15, 0.2) is 12.2 Å². The van der Waals surface area contributed by atoms with Gasteiger partial charge in [-0.1, -0.05) is 26.0 Å². The fraction of sp³-hybridized carbons (Fsp3) is 0.727. The number of hydrogen-bond acceptors (Lipinski definition) is 2. The highest BCUT2D eigenvalue weighted by atomic mass is 16.1. The van der Waals surface area contributed by atoms with Crippen LogP contribution in [0.1, 0.15) is 33.6 Å². The normalized spacial score (nSPS) is 13.0. The van der Waals surface area contributed by atoms with Gasteiger partial charge < -0.3 is 5.73 Å². The van der Waals surface area contributed by atoms with E-state index in [9.17, 15) is 4.79 Å². The monoisotopic (exact) mass is 183 g/mol. The molecule has 0 saturated heterocycles. The third-order valence-corrected chi connectivity index (χ3v) is 1.97. The Labute approximate surface area is 81.2 Å².